The van der Waals surface area contributed by atoms with Gasteiger partial charge in [0, 0.05) is 22.3 Å². The van der Waals surface area contributed by atoms with Gasteiger partial charge in [0.15, 0.2) is 0 Å². The van der Waals surface area contributed by atoms with Crippen LogP contribution < -0.4 is 10.5 Å². The van der Waals surface area contributed by atoms with E-state index in [9.17, 15) is 0 Å². The Morgan fingerprint density at radius 3 is 3.00 bits per heavy atom. The van der Waals surface area contributed by atoms with Crippen LogP contribution in [0.15, 0.2) is 41.1 Å². The van der Waals surface area contributed by atoms with Crippen molar-refractivity contribution >= 4 is 15.9 Å². The van der Waals surface area contributed by atoms with Crippen LogP contribution in [0.25, 0.3) is 0 Å². The van der Waals surface area contributed by atoms with E-state index in [2.05, 4.69) is 21.0 Å². The zero-order valence-electron chi connectivity index (χ0n) is 10.2. The minimum absolute atomic E-state index is 0.0183. The van der Waals surface area contributed by atoms with Crippen LogP contribution in [-0.2, 0) is 6.54 Å². The van der Waals surface area contributed by atoms with E-state index in [0.717, 1.165) is 15.8 Å². The number of rotatable bonds is 5. The predicted molar refractivity (Wildman–Crippen MR) is 74.5 cm³/mol. The molecule has 0 saturated carbocycles. The van der Waals surface area contributed by atoms with Gasteiger partial charge in [-0.3, -0.25) is 4.68 Å². The van der Waals surface area contributed by atoms with Crippen molar-refractivity contribution in [3.63, 3.8) is 0 Å². The molecule has 2 aromatic rings. The monoisotopic (exact) mass is 309 g/mol. The first-order valence-electron chi connectivity index (χ1n) is 5.81. The Balaban J connectivity index is 1.84. The molecule has 1 atom stereocenters. The molecule has 1 aromatic heterocycles. The van der Waals surface area contributed by atoms with E-state index in [1.807, 2.05) is 42.1 Å². The van der Waals surface area contributed by atoms with Gasteiger partial charge < -0.3 is 10.5 Å². The molecule has 0 bridgehead atoms. The van der Waals surface area contributed by atoms with Gasteiger partial charge in [-0.2, -0.15) is 5.10 Å². The van der Waals surface area contributed by atoms with E-state index in [-0.39, 0.29) is 6.04 Å². The molecule has 0 aliphatic rings. The lowest BCUT2D eigenvalue weighted by Crippen LogP contribution is -2.09. The molecule has 2 N–H and O–H groups in total. The molecule has 18 heavy (non-hydrogen) atoms. The molecule has 1 aromatic carbocycles. The van der Waals surface area contributed by atoms with E-state index >= 15 is 0 Å². The minimum atomic E-state index is 0.0183. The second kappa shape index (κ2) is 6.02. The first-order chi connectivity index (χ1) is 8.65. The first-order valence-corrected chi connectivity index (χ1v) is 6.61. The van der Waals surface area contributed by atoms with Gasteiger partial charge in [-0.1, -0.05) is 22.0 Å². The second-order valence-corrected chi connectivity index (χ2v) is 5.05. The summed E-state index contributed by atoms with van der Waals surface area (Å²) in [4.78, 5) is 0. The Labute approximate surface area is 115 Å². The van der Waals surface area contributed by atoms with Gasteiger partial charge in [0.25, 0.3) is 0 Å². The maximum Gasteiger partial charge on any atom is 0.120 e. The normalized spacial score (nSPS) is 12.4. The third-order valence-corrected chi connectivity index (χ3v) is 3.06. The molecule has 1 heterocycles. The van der Waals surface area contributed by atoms with Crippen LogP contribution in [0, 0.1) is 0 Å². The molecule has 2 rings (SSSR count). The number of nitrogens with zero attached hydrogens (tertiary/aromatic N) is 2. The number of hydrogen-bond acceptors (Lipinski definition) is 3. The number of benzene rings is 1. The Kier molecular flexibility index (Phi) is 4.38. The summed E-state index contributed by atoms with van der Waals surface area (Å²) in [6, 6.07) is 7.80. The molecular formula is C13H16BrN3O. The van der Waals surface area contributed by atoms with Crippen LogP contribution in [0.1, 0.15) is 18.5 Å². The van der Waals surface area contributed by atoms with Crippen LogP contribution in [0.2, 0.25) is 0 Å². The summed E-state index contributed by atoms with van der Waals surface area (Å²) in [5.41, 5.74) is 6.81. The van der Waals surface area contributed by atoms with Crippen molar-refractivity contribution in [2.45, 2.75) is 19.5 Å². The highest BCUT2D eigenvalue weighted by Gasteiger charge is 2.03. The molecule has 0 fully saturated rings. The van der Waals surface area contributed by atoms with E-state index in [0.29, 0.717) is 13.2 Å². The van der Waals surface area contributed by atoms with Gasteiger partial charge in [0.05, 0.1) is 12.7 Å². The van der Waals surface area contributed by atoms with Crippen LogP contribution in [0.5, 0.6) is 5.75 Å². The molecule has 0 radical (unpaired) electrons. The molecule has 0 aliphatic heterocycles. The van der Waals surface area contributed by atoms with Crippen LogP contribution in [0.4, 0.5) is 0 Å². The fraction of sp³-hybridized carbons (Fsp3) is 0.308. The highest BCUT2D eigenvalue weighted by atomic mass is 79.9. The Morgan fingerprint density at radius 2 is 2.33 bits per heavy atom. The summed E-state index contributed by atoms with van der Waals surface area (Å²) in [6.07, 6.45) is 3.75. The van der Waals surface area contributed by atoms with Gasteiger partial charge in [0.2, 0.25) is 0 Å². The Hall–Kier alpha value is -1.33. The lowest BCUT2D eigenvalue weighted by atomic mass is 10.2. The summed E-state index contributed by atoms with van der Waals surface area (Å²) in [6.45, 7) is 3.23. The molecule has 0 spiro atoms. The zero-order valence-corrected chi connectivity index (χ0v) is 11.8. The topological polar surface area (TPSA) is 53.1 Å². The standard InChI is InChI=1S/C13H16BrN3O/c1-10(15)11-8-16-17(9-11)5-6-18-13-4-2-3-12(14)7-13/h2-4,7-10H,5-6,15H2,1H3. The van der Waals surface area contributed by atoms with Crippen molar-refractivity contribution in [3.8, 4) is 5.75 Å². The molecule has 96 valence electrons. The molecule has 1 unspecified atom stereocenters. The Morgan fingerprint density at radius 1 is 1.50 bits per heavy atom. The molecule has 5 heteroatoms. The molecule has 0 aliphatic carbocycles. The van der Waals surface area contributed by atoms with Crippen molar-refractivity contribution in [1.82, 2.24) is 9.78 Å². The summed E-state index contributed by atoms with van der Waals surface area (Å²) in [5.74, 6) is 0.851. The molecule has 0 amide bonds. The lowest BCUT2D eigenvalue weighted by molar-refractivity contribution is 0.291. The van der Waals surface area contributed by atoms with Crippen molar-refractivity contribution < 1.29 is 4.74 Å². The highest BCUT2D eigenvalue weighted by molar-refractivity contribution is 9.10. The quantitative estimate of drug-likeness (QED) is 0.924. The maximum atomic E-state index is 5.77. The zero-order chi connectivity index (χ0) is 13.0. The van der Waals surface area contributed by atoms with Gasteiger partial charge in [-0.25, -0.2) is 0 Å². The van der Waals surface area contributed by atoms with Gasteiger partial charge in [-0.05, 0) is 25.1 Å². The minimum Gasteiger partial charge on any atom is -0.492 e. The van der Waals surface area contributed by atoms with Crippen molar-refractivity contribution in [1.29, 1.82) is 0 Å². The van der Waals surface area contributed by atoms with Crippen LogP contribution in [0.3, 0.4) is 0 Å². The van der Waals surface area contributed by atoms with Crippen molar-refractivity contribution in [2.24, 2.45) is 5.73 Å². The number of nitrogens with two attached hydrogens (primary N) is 1. The third-order valence-electron chi connectivity index (χ3n) is 2.56. The SMILES string of the molecule is CC(N)c1cnn(CCOc2cccc(Br)c2)c1. The van der Waals surface area contributed by atoms with Gasteiger partial charge in [0.1, 0.15) is 12.4 Å². The summed E-state index contributed by atoms with van der Waals surface area (Å²) >= 11 is 3.41. The lowest BCUT2D eigenvalue weighted by Gasteiger charge is -2.06. The summed E-state index contributed by atoms with van der Waals surface area (Å²) < 4.78 is 8.49. The number of hydrogen-bond donors (Lipinski definition) is 1. The average molecular weight is 310 g/mol. The molecular weight excluding hydrogens is 294 g/mol. The third kappa shape index (κ3) is 3.58. The molecule has 4 nitrogen and oxygen atoms in total. The van der Waals surface area contributed by atoms with E-state index in [4.69, 9.17) is 10.5 Å². The number of aromatic nitrogens is 2. The summed E-state index contributed by atoms with van der Waals surface area (Å²) in [5, 5.41) is 4.23. The smallest absolute Gasteiger partial charge is 0.120 e. The van der Waals surface area contributed by atoms with E-state index < -0.39 is 0 Å². The highest BCUT2D eigenvalue weighted by Crippen LogP contribution is 2.17. The predicted octanol–water partition coefficient (Wildman–Crippen LogP) is 2.74. The fourth-order valence-electron chi connectivity index (χ4n) is 1.55. The van der Waals surface area contributed by atoms with Crippen LogP contribution in [-0.4, -0.2) is 16.4 Å². The number of ether oxygens (including phenoxy) is 1. The van der Waals surface area contributed by atoms with Crippen molar-refractivity contribution in [2.75, 3.05) is 6.61 Å². The van der Waals surface area contributed by atoms with Crippen LogP contribution >= 0.6 is 15.9 Å². The molecule has 0 saturated heterocycles. The van der Waals surface area contributed by atoms with Crippen molar-refractivity contribution in [3.05, 3.63) is 46.7 Å². The largest absolute Gasteiger partial charge is 0.492 e. The average Bonchev–Trinajstić information content (AvgIpc) is 2.78. The summed E-state index contributed by atoms with van der Waals surface area (Å²) in [7, 11) is 0. The fourth-order valence-corrected chi connectivity index (χ4v) is 1.93. The second-order valence-electron chi connectivity index (χ2n) is 4.13. The number of halogens is 1. The first kappa shape index (κ1) is 13.1. The Bertz CT molecular complexity index is 510. The van der Waals surface area contributed by atoms with Gasteiger partial charge in [-0.15, -0.1) is 0 Å². The maximum absolute atomic E-state index is 5.77. The van der Waals surface area contributed by atoms with E-state index in [1.165, 1.54) is 0 Å². The van der Waals surface area contributed by atoms with Gasteiger partial charge >= 0.3 is 0 Å². The van der Waals surface area contributed by atoms with E-state index in [1.54, 1.807) is 6.20 Å².